The predicted octanol–water partition coefficient (Wildman–Crippen LogP) is 8.68. The predicted molar refractivity (Wildman–Crippen MR) is 144 cm³/mol. The van der Waals surface area contributed by atoms with Gasteiger partial charge in [-0.2, -0.15) is 0 Å². The molecule has 3 nitrogen and oxygen atoms in total. The number of fused-ring (bicyclic) bond motifs is 1. The van der Waals surface area contributed by atoms with E-state index in [1.807, 2.05) is 30.3 Å². The van der Waals surface area contributed by atoms with Gasteiger partial charge in [-0.1, -0.05) is 42.3 Å². The van der Waals surface area contributed by atoms with E-state index in [-0.39, 0.29) is 0 Å². The third-order valence-electron chi connectivity index (χ3n) is 6.65. The van der Waals surface area contributed by atoms with Crippen molar-refractivity contribution >= 4 is 45.5 Å². The van der Waals surface area contributed by atoms with Crippen LogP contribution in [0.25, 0.3) is 21.6 Å². The molecule has 0 atom stereocenters. The largest absolute Gasteiger partial charge is 0.493 e. The maximum atomic E-state index is 6.21. The van der Waals surface area contributed by atoms with E-state index in [9.17, 15) is 0 Å². The van der Waals surface area contributed by atoms with E-state index < -0.39 is 0 Å². The van der Waals surface area contributed by atoms with Crippen molar-refractivity contribution in [3.8, 4) is 16.4 Å². The molecule has 0 N–H and O–H groups in total. The van der Waals surface area contributed by atoms with E-state index in [0.717, 1.165) is 67.8 Å². The second-order valence-electron chi connectivity index (χ2n) is 8.89. The third-order valence-corrected chi connectivity index (χ3v) is 8.64. The van der Waals surface area contributed by atoms with Gasteiger partial charge < -0.3 is 14.1 Å². The highest BCUT2D eigenvalue weighted by Gasteiger charge is 2.21. The summed E-state index contributed by atoms with van der Waals surface area (Å²) in [5.74, 6) is 2.38. The Labute approximate surface area is 215 Å². The standard InChI is InChI=1S/C28H29Cl2NO2S/c1-2-21-8-10-28(34-21)27-18-22-25(5-3-6-26(22)33-27)32-16-4-13-31-14-11-19(12-15-31)20-7-9-23(29)24(30)17-20/h3,5-10,17-19H,2,4,11-16H2,1H3. The Hall–Kier alpha value is -1.98. The number of thiophene rings is 1. The summed E-state index contributed by atoms with van der Waals surface area (Å²) in [6.07, 6.45) is 4.35. The monoisotopic (exact) mass is 513 g/mol. The zero-order valence-electron chi connectivity index (χ0n) is 19.4. The smallest absolute Gasteiger partial charge is 0.145 e. The molecule has 0 radical (unpaired) electrons. The van der Waals surface area contributed by atoms with Crippen molar-refractivity contribution in [3.05, 3.63) is 75.1 Å². The molecule has 0 spiro atoms. The zero-order valence-corrected chi connectivity index (χ0v) is 21.7. The van der Waals surface area contributed by atoms with Crippen LogP contribution in [-0.2, 0) is 6.42 Å². The first-order valence-electron chi connectivity index (χ1n) is 12.0. The number of benzene rings is 2. The highest BCUT2D eigenvalue weighted by Crippen LogP contribution is 2.37. The minimum absolute atomic E-state index is 0.562. The van der Waals surface area contributed by atoms with Crippen molar-refractivity contribution in [1.82, 2.24) is 4.90 Å². The number of ether oxygens (including phenoxy) is 1. The van der Waals surface area contributed by atoms with Gasteiger partial charge in [-0.3, -0.25) is 0 Å². The molecule has 1 aliphatic rings. The average Bonchev–Trinajstić information content (AvgIpc) is 3.51. The average molecular weight is 515 g/mol. The number of nitrogens with zero attached hydrogens (tertiary/aromatic N) is 1. The summed E-state index contributed by atoms with van der Waals surface area (Å²) in [4.78, 5) is 5.08. The van der Waals surface area contributed by atoms with Crippen molar-refractivity contribution in [2.75, 3.05) is 26.2 Å². The molecule has 3 heterocycles. The summed E-state index contributed by atoms with van der Waals surface area (Å²) in [7, 11) is 0. The molecule has 6 heteroatoms. The second-order valence-corrected chi connectivity index (χ2v) is 10.9. The van der Waals surface area contributed by atoms with Gasteiger partial charge in [0, 0.05) is 11.4 Å². The van der Waals surface area contributed by atoms with E-state index in [0.29, 0.717) is 22.6 Å². The molecule has 0 unspecified atom stereocenters. The Bertz CT molecular complexity index is 1260. The third kappa shape index (κ3) is 5.31. The Morgan fingerprint density at radius 2 is 1.88 bits per heavy atom. The normalized spacial score (nSPS) is 15.3. The van der Waals surface area contributed by atoms with Gasteiger partial charge in [0.2, 0.25) is 0 Å². The van der Waals surface area contributed by atoms with Crippen molar-refractivity contribution in [1.29, 1.82) is 0 Å². The van der Waals surface area contributed by atoms with Gasteiger partial charge in [-0.15, -0.1) is 11.3 Å². The Balaban J connectivity index is 1.12. The van der Waals surface area contributed by atoms with E-state index >= 15 is 0 Å². The van der Waals surface area contributed by atoms with Crippen LogP contribution in [0, 0.1) is 0 Å². The quantitative estimate of drug-likeness (QED) is 0.220. The van der Waals surface area contributed by atoms with Crippen molar-refractivity contribution in [2.24, 2.45) is 0 Å². The zero-order chi connectivity index (χ0) is 23.5. The molecule has 0 aliphatic carbocycles. The molecule has 4 aromatic rings. The first-order valence-corrected chi connectivity index (χ1v) is 13.6. The molecule has 0 amide bonds. The van der Waals surface area contributed by atoms with Crippen LogP contribution in [0.5, 0.6) is 5.75 Å². The van der Waals surface area contributed by atoms with Gasteiger partial charge in [-0.25, -0.2) is 0 Å². The van der Waals surface area contributed by atoms with Crippen LogP contribution in [0.4, 0.5) is 0 Å². The Kier molecular flexibility index (Phi) is 7.50. The number of hydrogen-bond acceptors (Lipinski definition) is 4. The SMILES string of the molecule is CCc1ccc(-c2cc3c(OCCCN4CCC(c5ccc(Cl)c(Cl)c5)CC4)cccc3o2)s1. The lowest BCUT2D eigenvalue weighted by Gasteiger charge is -2.32. The Morgan fingerprint density at radius 3 is 2.65 bits per heavy atom. The fourth-order valence-corrected chi connectivity index (χ4v) is 5.92. The van der Waals surface area contributed by atoms with E-state index in [2.05, 4.69) is 36.1 Å². The topological polar surface area (TPSA) is 25.6 Å². The summed E-state index contributed by atoms with van der Waals surface area (Å²) < 4.78 is 12.3. The van der Waals surface area contributed by atoms with Gasteiger partial charge in [0.25, 0.3) is 0 Å². The van der Waals surface area contributed by atoms with Crippen LogP contribution in [0.1, 0.15) is 42.5 Å². The number of hydrogen-bond donors (Lipinski definition) is 0. The molecule has 2 aromatic carbocycles. The van der Waals surface area contributed by atoms with Crippen molar-refractivity contribution in [2.45, 2.75) is 38.5 Å². The summed E-state index contributed by atoms with van der Waals surface area (Å²) in [5, 5.41) is 2.33. The van der Waals surface area contributed by atoms with Gasteiger partial charge in [0.1, 0.15) is 17.1 Å². The minimum atomic E-state index is 0.562. The van der Waals surface area contributed by atoms with Gasteiger partial charge >= 0.3 is 0 Å². The summed E-state index contributed by atoms with van der Waals surface area (Å²) >= 11 is 14.1. The summed E-state index contributed by atoms with van der Waals surface area (Å²) in [6, 6.07) is 18.6. The highest BCUT2D eigenvalue weighted by atomic mass is 35.5. The van der Waals surface area contributed by atoms with Gasteiger partial charge in [0.05, 0.1) is 26.9 Å². The summed E-state index contributed by atoms with van der Waals surface area (Å²) in [6.45, 7) is 6.14. The molecule has 178 valence electrons. The van der Waals surface area contributed by atoms with Gasteiger partial charge in [0.15, 0.2) is 0 Å². The number of piperidine rings is 1. The van der Waals surface area contributed by atoms with Crippen LogP contribution in [-0.4, -0.2) is 31.1 Å². The van der Waals surface area contributed by atoms with E-state index in [1.54, 1.807) is 11.3 Å². The maximum Gasteiger partial charge on any atom is 0.145 e. The lowest BCUT2D eigenvalue weighted by atomic mass is 9.89. The van der Waals surface area contributed by atoms with Crippen LogP contribution >= 0.6 is 34.5 Å². The van der Waals surface area contributed by atoms with Crippen LogP contribution < -0.4 is 4.74 Å². The lowest BCUT2D eigenvalue weighted by Crippen LogP contribution is -2.34. The fourth-order valence-electron chi connectivity index (χ4n) is 4.71. The molecular formula is C28H29Cl2NO2S. The molecule has 34 heavy (non-hydrogen) atoms. The van der Waals surface area contributed by atoms with E-state index in [1.165, 1.54) is 15.3 Å². The van der Waals surface area contributed by atoms with Gasteiger partial charge in [-0.05, 0) is 92.7 Å². The number of rotatable bonds is 8. The van der Waals surface area contributed by atoms with Crippen LogP contribution in [0.2, 0.25) is 10.0 Å². The van der Waals surface area contributed by atoms with Crippen molar-refractivity contribution < 1.29 is 9.15 Å². The Morgan fingerprint density at radius 1 is 1.03 bits per heavy atom. The molecule has 5 rings (SSSR count). The molecule has 2 aromatic heterocycles. The van der Waals surface area contributed by atoms with Crippen LogP contribution in [0.3, 0.4) is 0 Å². The lowest BCUT2D eigenvalue weighted by molar-refractivity contribution is 0.193. The first-order chi connectivity index (χ1) is 16.6. The number of aryl methyl sites for hydroxylation is 1. The molecule has 1 aliphatic heterocycles. The molecular weight excluding hydrogens is 485 g/mol. The van der Waals surface area contributed by atoms with Crippen molar-refractivity contribution in [3.63, 3.8) is 0 Å². The number of likely N-dealkylation sites (tertiary alicyclic amines) is 1. The maximum absolute atomic E-state index is 6.21. The number of halogens is 2. The van der Waals surface area contributed by atoms with E-state index in [4.69, 9.17) is 32.4 Å². The molecule has 0 saturated carbocycles. The first kappa shape index (κ1) is 23.7. The molecule has 1 fully saturated rings. The number of furan rings is 1. The molecule has 1 saturated heterocycles. The molecule has 0 bridgehead atoms. The summed E-state index contributed by atoms with van der Waals surface area (Å²) in [5.41, 5.74) is 2.18. The second kappa shape index (κ2) is 10.7. The fraction of sp³-hybridized carbons (Fsp3) is 0.357. The highest BCUT2D eigenvalue weighted by molar-refractivity contribution is 7.15. The minimum Gasteiger partial charge on any atom is -0.493 e. The van der Waals surface area contributed by atoms with Crippen LogP contribution in [0.15, 0.2) is 59.0 Å².